The molecule has 4 rings (SSSR count). The first kappa shape index (κ1) is 21.2. The molecule has 0 aromatic heterocycles. The fourth-order valence-electron chi connectivity index (χ4n) is 3.94. The predicted molar refractivity (Wildman–Crippen MR) is 120 cm³/mol. The van der Waals surface area contributed by atoms with E-state index in [1.165, 1.54) is 5.69 Å². The van der Waals surface area contributed by atoms with Crippen molar-refractivity contribution in [2.24, 2.45) is 10.9 Å². The van der Waals surface area contributed by atoms with E-state index in [4.69, 9.17) is 21.3 Å². The van der Waals surface area contributed by atoms with Gasteiger partial charge in [-0.05, 0) is 36.8 Å². The molecule has 1 fully saturated rings. The highest BCUT2D eigenvalue weighted by Gasteiger charge is 2.42. The second-order valence-corrected chi connectivity index (χ2v) is 7.91. The van der Waals surface area contributed by atoms with Gasteiger partial charge in [-0.1, -0.05) is 41.9 Å². The van der Waals surface area contributed by atoms with Crippen LogP contribution in [-0.2, 0) is 14.3 Å². The van der Waals surface area contributed by atoms with Crippen molar-refractivity contribution in [1.29, 1.82) is 0 Å². The van der Waals surface area contributed by atoms with E-state index >= 15 is 0 Å². The average Bonchev–Trinajstić information content (AvgIpc) is 2.80. The summed E-state index contributed by atoms with van der Waals surface area (Å²) in [5.41, 5.74) is 1.93. The summed E-state index contributed by atoms with van der Waals surface area (Å²) < 4.78 is 5.16. The van der Waals surface area contributed by atoms with Crippen LogP contribution in [0.3, 0.4) is 0 Å². The van der Waals surface area contributed by atoms with Crippen LogP contribution in [0.1, 0.15) is 18.5 Å². The fourth-order valence-corrected chi connectivity index (χ4v) is 4.07. The first-order chi connectivity index (χ1) is 15.1. The highest BCUT2D eigenvalue weighted by Crippen LogP contribution is 2.32. The lowest BCUT2D eigenvalue weighted by Crippen LogP contribution is -2.57. The summed E-state index contributed by atoms with van der Waals surface area (Å²) in [6.45, 7) is 4.97. The lowest BCUT2D eigenvalue weighted by atomic mass is 9.91. The number of hydrogen-bond donors (Lipinski definition) is 1. The number of carbonyl (C=O) groups is 2. The summed E-state index contributed by atoms with van der Waals surface area (Å²) in [7, 11) is 0. The Kier molecular flexibility index (Phi) is 6.42. The number of esters is 1. The van der Waals surface area contributed by atoms with Crippen LogP contribution in [0, 0.1) is 5.92 Å². The molecule has 31 heavy (non-hydrogen) atoms. The van der Waals surface area contributed by atoms with Gasteiger partial charge in [-0.15, -0.1) is 0 Å². The number of halogens is 1. The third-order valence-electron chi connectivity index (χ3n) is 5.55. The van der Waals surface area contributed by atoms with Crippen LogP contribution in [0.25, 0.3) is 0 Å². The number of hydrogen-bond acceptors (Lipinski definition) is 6. The van der Waals surface area contributed by atoms with Gasteiger partial charge in [0.15, 0.2) is 5.92 Å². The van der Waals surface area contributed by atoms with Crippen molar-refractivity contribution in [2.45, 2.75) is 13.0 Å². The topological polar surface area (TPSA) is 74.2 Å². The van der Waals surface area contributed by atoms with Gasteiger partial charge in [0.2, 0.25) is 11.9 Å². The van der Waals surface area contributed by atoms with Crippen molar-refractivity contribution in [3.8, 4) is 0 Å². The molecule has 1 N–H and O–H groups in total. The normalized spacial score (nSPS) is 21.4. The first-order valence-electron chi connectivity index (χ1n) is 10.4. The van der Waals surface area contributed by atoms with Crippen molar-refractivity contribution in [2.75, 3.05) is 37.7 Å². The lowest BCUT2D eigenvalue weighted by Gasteiger charge is -2.39. The zero-order chi connectivity index (χ0) is 21.8. The maximum atomic E-state index is 12.9. The molecule has 2 aliphatic heterocycles. The van der Waals surface area contributed by atoms with Crippen LogP contribution in [0.2, 0.25) is 5.02 Å². The standard InChI is InChI=1S/C23H25ClN4O3/c1-2-31-22(30)19-20(16-8-10-17(24)11-9-16)25-23(26-21(19)29)28-14-12-27(13-15-28)18-6-4-3-5-7-18/h3-11,19-20H,2,12-15H2,1H3,(H,25,26,29)/t19-,20+/m0/s1. The molecule has 162 valence electrons. The van der Waals surface area contributed by atoms with Crippen LogP contribution in [0.4, 0.5) is 5.69 Å². The molecule has 2 atom stereocenters. The third kappa shape index (κ3) is 4.66. The number of carbonyl (C=O) groups excluding carboxylic acids is 2. The number of rotatable bonds is 4. The number of para-hydroxylation sites is 1. The van der Waals surface area contributed by atoms with E-state index in [-0.39, 0.29) is 6.61 Å². The molecule has 2 heterocycles. The molecule has 2 aliphatic rings. The molecular weight excluding hydrogens is 416 g/mol. The fraction of sp³-hybridized carbons (Fsp3) is 0.348. The Labute approximate surface area is 186 Å². The highest BCUT2D eigenvalue weighted by molar-refractivity contribution is 6.30. The van der Waals surface area contributed by atoms with Crippen molar-refractivity contribution in [3.05, 3.63) is 65.2 Å². The number of ether oxygens (including phenoxy) is 1. The van der Waals surface area contributed by atoms with E-state index in [9.17, 15) is 9.59 Å². The smallest absolute Gasteiger partial charge is 0.321 e. The van der Waals surface area contributed by atoms with Gasteiger partial charge >= 0.3 is 5.97 Å². The van der Waals surface area contributed by atoms with E-state index in [0.29, 0.717) is 24.1 Å². The Morgan fingerprint density at radius 2 is 1.71 bits per heavy atom. The Bertz CT molecular complexity index is 957. The quantitative estimate of drug-likeness (QED) is 0.584. The van der Waals surface area contributed by atoms with Gasteiger partial charge in [0.25, 0.3) is 0 Å². The summed E-state index contributed by atoms with van der Waals surface area (Å²) in [5, 5.41) is 3.41. The van der Waals surface area contributed by atoms with Crippen molar-refractivity contribution in [3.63, 3.8) is 0 Å². The number of piperazine rings is 1. The maximum absolute atomic E-state index is 12.9. The molecule has 0 unspecified atom stereocenters. The molecule has 0 spiro atoms. The summed E-state index contributed by atoms with van der Waals surface area (Å²) >= 11 is 6.02. The summed E-state index contributed by atoms with van der Waals surface area (Å²) in [6.07, 6.45) is 0. The van der Waals surface area contributed by atoms with Crippen molar-refractivity contribution < 1.29 is 14.3 Å². The van der Waals surface area contributed by atoms with Gasteiger partial charge in [-0.25, -0.2) is 4.99 Å². The van der Waals surface area contributed by atoms with Crippen LogP contribution in [0.15, 0.2) is 59.6 Å². The number of benzene rings is 2. The predicted octanol–water partition coefficient (Wildman–Crippen LogP) is 2.87. The van der Waals surface area contributed by atoms with Crippen molar-refractivity contribution >= 4 is 35.1 Å². The Balaban J connectivity index is 1.56. The molecule has 0 bridgehead atoms. The first-order valence-corrected chi connectivity index (χ1v) is 10.8. The minimum absolute atomic E-state index is 0.202. The van der Waals surface area contributed by atoms with Crippen LogP contribution in [-0.4, -0.2) is 55.5 Å². The SMILES string of the molecule is CCOC(=O)[C@@H]1C(=O)NC(N2CCN(c3ccccc3)CC2)=N[C@@H]1c1ccc(Cl)cc1. The van der Waals surface area contributed by atoms with Gasteiger partial charge in [0.05, 0.1) is 6.61 Å². The minimum Gasteiger partial charge on any atom is -0.465 e. The molecule has 0 radical (unpaired) electrons. The zero-order valence-electron chi connectivity index (χ0n) is 17.3. The number of nitrogens with zero attached hydrogens (tertiary/aromatic N) is 3. The molecule has 7 nitrogen and oxygen atoms in total. The molecule has 1 saturated heterocycles. The van der Waals surface area contributed by atoms with Gasteiger partial charge in [-0.3, -0.25) is 14.9 Å². The van der Waals surface area contributed by atoms with E-state index in [1.807, 2.05) is 18.2 Å². The van der Waals surface area contributed by atoms with Gasteiger partial charge < -0.3 is 14.5 Å². The van der Waals surface area contributed by atoms with Crippen molar-refractivity contribution in [1.82, 2.24) is 10.2 Å². The van der Waals surface area contributed by atoms with E-state index in [0.717, 1.165) is 18.7 Å². The molecule has 8 heteroatoms. The van der Waals surface area contributed by atoms with Gasteiger partial charge in [-0.2, -0.15) is 0 Å². The second kappa shape index (κ2) is 9.39. The lowest BCUT2D eigenvalue weighted by molar-refractivity contribution is -0.153. The average molecular weight is 441 g/mol. The largest absolute Gasteiger partial charge is 0.465 e. The zero-order valence-corrected chi connectivity index (χ0v) is 18.1. The Morgan fingerprint density at radius 3 is 2.35 bits per heavy atom. The maximum Gasteiger partial charge on any atom is 0.321 e. The molecule has 1 amide bonds. The molecular formula is C23H25ClN4O3. The summed E-state index contributed by atoms with van der Waals surface area (Å²) in [6, 6.07) is 16.7. The minimum atomic E-state index is -1.03. The Morgan fingerprint density at radius 1 is 1.06 bits per heavy atom. The number of amides is 1. The molecule has 0 saturated carbocycles. The highest BCUT2D eigenvalue weighted by atomic mass is 35.5. The molecule has 2 aromatic rings. The summed E-state index contributed by atoms with van der Waals surface area (Å²) in [5.74, 6) is -1.50. The van der Waals surface area contributed by atoms with Gasteiger partial charge in [0.1, 0.15) is 6.04 Å². The summed E-state index contributed by atoms with van der Waals surface area (Å²) in [4.78, 5) is 34.6. The van der Waals surface area contributed by atoms with Crippen LogP contribution < -0.4 is 10.2 Å². The van der Waals surface area contributed by atoms with Gasteiger partial charge in [0, 0.05) is 36.9 Å². The molecule has 0 aliphatic carbocycles. The second-order valence-electron chi connectivity index (χ2n) is 7.48. The molecule has 2 aromatic carbocycles. The number of anilines is 1. The number of guanidine groups is 1. The van der Waals surface area contributed by atoms with E-state index in [2.05, 4.69) is 27.2 Å². The monoisotopic (exact) mass is 440 g/mol. The van der Waals surface area contributed by atoms with E-state index < -0.39 is 23.8 Å². The number of aliphatic imine (C=N–C) groups is 1. The van der Waals surface area contributed by atoms with Crippen LogP contribution in [0.5, 0.6) is 0 Å². The van der Waals surface area contributed by atoms with Crippen LogP contribution >= 0.6 is 11.6 Å². The Hall–Kier alpha value is -3.06. The third-order valence-corrected chi connectivity index (χ3v) is 5.80. The number of nitrogens with one attached hydrogen (secondary N) is 1. The van der Waals surface area contributed by atoms with E-state index in [1.54, 1.807) is 31.2 Å².